The van der Waals surface area contributed by atoms with E-state index >= 15 is 0 Å². The van der Waals surface area contributed by atoms with Gasteiger partial charge in [0.05, 0.1) is 5.69 Å². The fourth-order valence-electron chi connectivity index (χ4n) is 4.48. The molecule has 0 amide bonds. The second-order valence-electron chi connectivity index (χ2n) is 7.99. The maximum absolute atomic E-state index is 4.78. The van der Waals surface area contributed by atoms with E-state index in [2.05, 4.69) is 89.3 Å². The lowest BCUT2D eigenvalue weighted by molar-refractivity contribution is -0.645. The van der Waals surface area contributed by atoms with E-state index in [-0.39, 0.29) is 0 Å². The predicted molar refractivity (Wildman–Crippen MR) is 127 cm³/mol. The molecule has 0 radical (unpaired) electrons. The van der Waals surface area contributed by atoms with Gasteiger partial charge in [0.25, 0.3) is 0 Å². The van der Waals surface area contributed by atoms with E-state index in [0.29, 0.717) is 0 Å². The number of hydrazone groups is 1. The van der Waals surface area contributed by atoms with Gasteiger partial charge in [0, 0.05) is 54.1 Å². The molecule has 1 saturated heterocycles. The summed E-state index contributed by atoms with van der Waals surface area (Å²) >= 11 is 0. The minimum atomic E-state index is 1.07. The molecule has 0 unspecified atom stereocenters. The van der Waals surface area contributed by atoms with Crippen molar-refractivity contribution in [2.75, 3.05) is 30.0 Å². The summed E-state index contributed by atoms with van der Waals surface area (Å²) in [5, 5.41) is 10.5. The van der Waals surface area contributed by atoms with Gasteiger partial charge >= 0.3 is 0 Å². The number of pyridine rings is 1. The van der Waals surface area contributed by atoms with Crippen molar-refractivity contribution in [2.24, 2.45) is 12.1 Å². The molecule has 0 saturated carbocycles. The standard InChI is InChI=1S/C26H27N4/c1-28-21(14-13-20-9-3-6-12-24(20)28)19-27-29(2)25-15-16-26(30-17-7-8-18-30)23-11-5-4-10-22(23)25/h3-6,9-16,19H,7-8,17-18H2,1-2H3/q+1. The van der Waals surface area contributed by atoms with Gasteiger partial charge in [0.2, 0.25) is 11.2 Å². The summed E-state index contributed by atoms with van der Waals surface area (Å²) in [7, 11) is 4.11. The maximum Gasteiger partial charge on any atom is 0.225 e. The number of fused-ring (bicyclic) bond motifs is 2. The van der Waals surface area contributed by atoms with E-state index in [1.807, 2.05) is 18.3 Å². The highest BCUT2D eigenvalue weighted by Crippen LogP contribution is 2.35. The van der Waals surface area contributed by atoms with Crippen LogP contribution in [0.4, 0.5) is 11.4 Å². The van der Waals surface area contributed by atoms with Crippen molar-refractivity contribution in [1.82, 2.24) is 0 Å². The van der Waals surface area contributed by atoms with E-state index in [1.165, 1.54) is 40.2 Å². The van der Waals surface area contributed by atoms with Crippen LogP contribution in [0.15, 0.2) is 77.9 Å². The first-order valence-electron chi connectivity index (χ1n) is 10.6. The first-order valence-corrected chi connectivity index (χ1v) is 10.6. The van der Waals surface area contributed by atoms with Crippen LogP contribution in [0.1, 0.15) is 18.5 Å². The first-order chi connectivity index (χ1) is 14.7. The Bertz CT molecular complexity index is 1240. The van der Waals surface area contributed by atoms with Crippen molar-refractivity contribution in [3.05, 3.63) is 78.5 Å². The lowest BCUT2D eigenvalue weighted by Crippen LogP contribution is -2.34. The summed E-state index contributed by atoms with van der Waals surface area (Å²) < 4.78 is 2.18. The zero-order chi connectivity index (χ0) is 20.5. The van der Waals surface area contributed by atoms with Crippen LogP contribution in [0.2, 0.25) is 0 Å². The van der Waals surface area contributed by atoms with Crippen molar-refractivity contribution in [3.8, 4) is 0 Å². The topological polar surface area (TPSA) is 22.7 Å². The molecule has 4 heteroatoms. The van der Waals surface area contributed by atoms with Crippen molar-refractivity contribution in [2.45, 2.75) is 12.8 Å². The molecule has 150 valence electrons. The number of aromatic nitrogens is 1. The summed E-state index contributed by atoms with van der Waals surface area (Å²) in [4.78, 5) is 2.50. The Morgan fingerprint density at radius 3 is 2.43 bits per heavy atom. The monoisotopic (exact) mass is 395 g/mol. The Hall–Kier alpha value is -3.40. The van der Waals surface area contributed by atoms with Gasteiger partial charge in [-0.05, 0) is 37.1 Å². The van der Waals surface area contributed by atoms with Crippen LogP contribution < -0.4 is 14.5 Å². The van der Waals surface area contributed by atoms with Crippen LogP contribution in [-0.2, 0) is 7.05 Å². The van der Waals surface area contributed by atoms with E-state index < -0.39 is 0 Å². The molecule has 5 rings (SSSR count). The summed E-state index contributed by atoms with van der Waals surface area (Å²) in [5.41, 5.74) is 4.72. The number of para-hydroxylation sites is 1. The number of hydrogen-bond acceptors (Lipinski definition) is 3. The van der Waals surface area contributed by atoms with Crippen LogP contribution in [0, 0.1) is 0 Å². The molecule has 1 aliphatic rings. The fourth-order valence-corrected chi connectivity index (χ4v) is 4.48. The third-order valence-corrected chi connectivity index (χ3v) is 6.16. The summed E-state index contributed by atoms with van der Waals surface area (Å²) in [5.74, 6) is 0. The second kappa shape index (κ2) is 7.79. The second-order valence-corrected chi connectivity index (χ2v) is 7.99. The quantitative estimate of drug-likeness (QED) is 0.279. The maximum atomic E-state index is 4.78. The summed E-state index contributed by atoms with van der Waals surface area (Å²) in [6.07, 6.45) is 4.50. The molecule has 1 aromatic heterocycles. The smallest absolute Gasteiger partial charge is 0.225 e. The number of nitrogens with zero attached hydrogens (tertiary/aromatic N) is 4. The van der Waals surface area contributed by atoms with Gasteiger partial charge in [0.1, 0.15) is 13.3 Å². The van der Waals surface area contributed by atoms with E-state index in [4.69, 9.17) is 5.10 Å². The van der Waals surface area contributed by atoms with Gasteiger partial charge < -0.3 is 4.90 Å². The van der Waals surface area contributed by atoms with E-state index in [9.17, 15) is 0 Å². The largest absolute Gasteiger partial charge is 0.371 e. The molecule has 1 fully saturated rings. The molecule has 0 bridgehead atoms. The third kappa shape index (κ3) is 3.28. The zero-order valence-electron chi connectivity index (χ0n) is 17.6. The highest BCUT2D eigenvalue weighted by Gasteiger charge is 2.17. The lowest BCUT2D eigenvalue weighted by Gasteiger charge is -2.23. The summed E-state index contributed by atoms with van der Waals surface area (Å²) in [6, 6.07) is 25.8. The van der Waals surface area contributed by atoms with Crippen molar-refractivity contribution in [3.63, 3.8) is 0 Å². The van der Waals surface area contributed by atoms with Gasteiger partial charge in [0.15, 0.2) is 0 Å². The molecule has 4 aromatic rings. The van der Waals surface area contributed by atoms with Gasteiger partial charge in [-0.3, -0.25) is 5.01 Å². The predicted octanol–water partition coefficient (Wildman–Crippen LogP) is 4.89. The van der Waals surface area contributed by atoms with Crippen LogP contribution in [-0.4, -0.2) is 26.4 Å². The first kappa shape index (κ1) is 18.6. The number of benzene rings is 3. The molecular formula is C26H27N4+. The summed E-state index contributed by atoms with van der Waals surface area (Å²) in [6.45, 7) is 2.30. The Labute approximate surface area is 177 Å². The SMILES string of the molecule is CN(/N=C/c1ccc2ccccc2[n+]1C)c1ccc(N2CCCC2)c2ccccc12. The Balaban J connectivity index is 1.50. The van der Waals surface area contributed by atoms with Crippen LogP contribution in [0.25, 0.3) is 21.7 Å². The molecule has 4 nitrogen and oxygen atoms in total. The van der Waals surface area contributed by atoms with E-state index in [0.717, 1.165) is 24.5 Å². The minimum Gasteiger partial charge on any atom is -0.371 e. The lowest BCUT2D eigenvalue weighted by atomic mass is 10.1. The van der Waals surface area contributed by atoms with Gasteiger partial charge in [-0.25, -0.2) is 0 Å². The van der Waals surface area contributed by atoms with Crippen molar-refractivity contribution < 1.29 is 4.57 Å². The van der Waals surface area contributed by atoms with Crippen molar-refractivity contribution in [1.29, 1.82) is 0 Å². The van der Waals surface area contributed by atoms with Crippen LogP contribution in [0.3, 0.4) is 0 Å². The Morgan fingerprint density at radius 2 is 1.60 bits per heavy atom. The highest BCUT2D eigenvalue weighted by atomic mass is 15.4. The molecule has 0 spiro atoms. The van der Waals surface area contributed by atoms with Gasteiger partial charge in [-0.1, -0.05) is 36.4 Å². The number of rotatable bonds is 4. The number of anilines is 2. The molecule has 30 heavy (non-hydrogen) atoms. The Kier molecular flexibility index (Phi) is 4.83. The van der Waals surface area contributed by atoms with Crippen LogP contribution in [0.5, 0.6) is 0 Å². The molecule has 0 atom stereocenters. The molecule has 0 N–H and O–H groups in total. The molecule has 0 aliphatic carbocycles. The highest BCUT2D eigenvalue weighted by molar-refractivity contribution is 6.02. The normalized spacial score (nSPS) is 14.3. The molecule has 2 heterocycles. The van der Waals surface area contributed by atoms with Crippen molar-refractivity contribution >= 4 is 39.3 Å². The Morgan fingerprint density at radius 1 is 0.867 bits per heavy atom. The zero-order valence-corrected chi connectivity index (χ0v) is 17.6. The van der Waals surface area contributed by atoms with E-state index in [1.54, 1.807) is 0 Å². The number of aryl methyl sites for hydroxylation is 1. The fraction of sp³-hybridized carbons (Fsp3) is 0.231. The third-order valence-electron chi connectivity index (χ3n) is 6.16. The van der Waals surface area contributed by atoms with Gasteiger partial charge in [-0.15, -0.1) is 0 Å². The van der Waals surface area contributed by atoms with Gasteiger partial charge in [-0.2, -0.15) is 9.67 Å². The minimum absolute atomic E-state index is 1.07. The molecule has 1 aliphatic heterocycles. The average molecular weight is 396 g/mol. The number of hydrogen-bond donors (Lipinski definition) is 0. The molecular weight excluding hydrogens is 368 g/mol. The van der Waals surface area contributed by atoms with Crippen LogP contribution >= 0.6 is 0 Å². The average Bonchev–Trinajstić information content (AvgIpc) is 3.32. The molecule has 3 aromatic carbocycles.